The molecule has 0 aliphatic carbocycles. The molecule has 0 aromatic rings. The lowest BCUT2D eigenvalue weighted by molar-refractivity contribution is -0.138. The number of nitrogens with zero attached hydrogens (tertiary/aromatic N) is 3. The second-order valence-corrected chi connectivity index (χ2v) is 5.19. The first-order valence-corrected chi connectivity index (χ1v) is 6.89. The highest BCUT2D eigenvalue weighted by Gasteiger charge is 2.21. The maximum atomic E-state index is 11.9. The molecule has 6 nitrogen and oxygen atoms in total. The van der Waals surface area contributed by atoms with Crippen molar-refractivity contribution in [3.8, 4) is 0 Å². The van der Waals surface area contributed by atoms with Gasteiger partial charge >= 0.3 is 0 Å². The average Bonchev–Trinajstić information content (AvgIpc) is 2.37. The Morgan fingerprint density at radius 1 is 1.05 bits per heavy atom. The molecule has 0 radical (unpaired) electrons. The fourth-order valence-electron chi connectivity index (χ4n) is 2.05. The van der Waals surface area contributed by atoms with Gasteiger partial charge in [0.05, 0.1) is 0 Å². The average molecular weight is 270 g/mol. The van der Waals surface area contributed by atoms with Gasteiger partial charge in [-0.15, -0.1) is 0 Å². The predicted molar refractivity (Wildman–Crippen MR) is 74.9 cm³/mol. The molecular weight excluding hydrogens is 244 g/mol. The molecule has 1 aliphatic rings. The number of piperazine rings is 1. The van der Waals surface area contributed by atoms with Crippen molar-refractivity contribution >= 4 is 11.8 Å². The SMILES string of the molecule is CC(=O)N1CCN(C(=O)CCNCCN(C)C)CC1. The van der Waals surface area contributed by atoms with Crippen molar-refractivity contribution in [1.82, 2.24) is 20.0 Å². The quantitative estimate of drug-likeness (QED) is 0.643. The fourth-order valence-corrected chi connectivity index (χ4v) is 2.05. The lowest BCUT2D eigenvalue weighted by Crippen LogP contribution is -2.50. The summed E-state index contributed by atoms with van der Waals surface area (Å²) in [6.07, 6.45) is 0.535. The van der Waals surface area contributed by atoms with E-state index in [0.717, 1.165) is 19.6 Å². The zero-order valence-corrected chi connectivity index (χ0v) is 12.3. The van der Waals surface area contributed by atoms with Gasteiger partial charge in [-0.05, 0) is 14.1 Å². The molecule has 1 heterocycles. The second kappa shape index (κ2) is 8.12. The Morgan fingerprint density at radius 2 is 1.63 bits per heavy atom. The summed E-state index contributed by atoms with van der Waals surface area (Å²) in [6, 6.07) is 0. The summed E-state index contributed by atoms with van der Waals surface area (Å²) in [5, 5.41) is 3.26. The third-order valence-electron chi connectivity index (χ3n) is 3.33. The maximum Gasteiger partial charge on any atom is 0.223 e. The fraction of sp³-hybridized carbons (Fsp3) is 0.846. The van der Waals surface area contributed by atoms with Crippen LogP contribution >= 0.6 is 0 Å². The molecule has 1 rings (SSSR count). The lowest BCUT2D eigenvalue weighted by Gasteiger charge is -2.34. The van der Waals surface area contributed by atoms with Gasteiger partial charge in [0.2, 0.25) is 11.8 Å². The molecule has 0 saturated carbocycles. The van der Waals surface area contributed by atoms with Crippen LogP contribution in [0.15, 0.2) is 0 Å². The highest BCUT2D eigenvalue weighted by molar-refractivity contribution is 5.77. The van der Waals surface area contributed by atoms with Gasteiger partial charge < -0.3 is 20.0 Å². The smallest absolute Gasteiger partial charge is 0.223 e. The van der Waals surface area contributed by atoms with Crippen molar-refractivity contribution in [2.75, 3.05) is 59.9 Å². The van der Waals surface area contributed by atoms with Crippen LogP contribution < -0.4 is 5.32 Å². The molecule has 0 spiro atoms. The van der Waals surface area contributed by atoms with E-state index in [-0.39, 0.29) is 11.8 Å². The molecule has 1 N–H and O–H groups in total. The molecule has 1 saturated heterocycles. The van der Waals surface area contributed by atoms with Crippen LogP contribution in [0.25, 0.3) is 0 Å². The minimum absolute atomic E-state index is 0.0949. The van der Waals surface area contributed by atoms with Gasteiger partial charge in [0.1, 0.15) is 0 Å². The molecule has 1 fully saturated rings. The topological polar surface area (TPSA) is 55.9 Å². The van der Waals surface area contributed by atoms with Gasteiger partial charge in [-0.2, -0.15) is 0 Å². The van der Waals surface area contributed by atoms with Crippen LogP contribution in [0.4, 0.5) is 0 Å². The van der Waals surface area contributed by atoms with Crippen molar-refractivity contribution < 1.29 is 9.59 Å². The van der Waals surface area contributed by atoms with Crippen LogP contribution in [-0.4, -0.2) is 86.4 Å². The Labute approximate surface area is 115 Å². The summed E-state index contributed by atoms with van der Waals surface area (Å²) in [4.78, 5) is 28.9. The first kappa shape index (κ1) is 15.9. The molecule has 0 bridgehead atoms. The highest BCUT2D eigenvalue weighted by Crippen LogP contribution is 2.03. The number of rotatable bonds is 6. The van der Waals surface area contributed by atoms with E-state index in [9.17, 15) is 9.59 Å². The Kier molecular flexibility index (Phi) is 6.80. The number of amides is 2. The molecule has 0 aromatic carbocycles. The minimum Gasteiger partial charge on any atom is -0.339 e. The van der Waals surface area contributed by atoms with Gasteiger partial charge in [0, 0.05) is 59.2 Å². The maximum absolute atomic E-state index is 11.9. The molecule has 0 aromatic heterocycles. The van der Waals surface area contributed by atoms with Crippen LogP contribution in [-0.2, 0) is 9.59 Å². The lowest BCUT2D eigenvalue weighted by atomic mass is 10.2. The van der Waals surface area contributed by atoms with E-state index in [0.29, 0.717) is 32.6 Å². The number of likely N-dealkylation sites (N-methyl/N-ethyl adjacent to an activating group) is 1. The zero-order valence-electron chi connectivity index (χ0n) is 12.3. The number of carbonyl (C=O) groups is 2. The monoisotopic (exact) mass is 270 g/mol. The first-order chi connectivity index (χ1) is 9.00. The molecule has 0 atom stereocenters. The van der Waals surface area contributed by atoms with Crippen molar-refractivity contribution in [2.24, 2.45) is 0 Å². The summed E-state index contributed by atoms with van der Waals surface area (Å²) in [5.74, 6) is 0.276. The van der Waals surface area contributed by atoms with Crippen molar-refractivity contribution in [2.45, 2.75) is 13.3 Å². The molecular formula is C13H26N4O2. The summed E-state index contributed by atoms with van der Waals surface area (Å²) in [5.41, 5.74) is 0. The molecule has 110 valence electrons. The summed E-state index contributed by atoms with van der Waals surface area (Å²) in [7, 11) is 4.06. The van der Waals surface area contributed by atoms with E-state index in [1.807, 2.05) is 19.0 Å². The number of hydrogen-bond donors (Lipinski definition) is 1. The zero-order chi connectivity index (χ0) is 14.3. The molecule has 0 unspecified atom stereocenters. The van der Waals surface area contributed by atoms with Crippen LogP contribution in [0.2, 0.25) is 0 Å². The van der Waals surface area contributed by atoms with E-state index in [2.05, 4.69) is 10.2 Å². The van der Waals surface area contributed by atoms with Crippen LogP contribution in [0.3, 0.4) is 0 Å². The third-order valence-corrected chi connectivity index (χ3v) is 3.33. The molecule has 1 aliphatic heterocycles. The Balaban J connectivity index is 2.12. The van der Waals surface area contributed by atoms with Gasteiger partial charge in [0.15, 0.2) is 0 Å². The standard InChI is InChI=1S/C13H26N4O2/c1-12(18)16-8-10-17(11-9-16)13(19)4-5-14-6-7-15(2)3/h14H,4-11H2,1-3H3. The van der Waals surface area contributed by atoms with Crippen molar-refractivity contribution in [1.29, 1.82) is 0 Å². The number of nitrogens with one attached hydrogen (secondary N) is 1. The third kappa shape index (κ3) is 6.02. The van der Waals surface area contributed by atoms with E-state index in [4.69, 9.17) is 0 Å². The van der Waals surface area contributed by atoms with E-state index >= 15 is 0 Å². The Bertz CT molecular complexity index is 299. The number of hydrogen-bond acceptors (Lipinski definition) is 4. The first-order valence-electron chi connectivity index (χ1n) is 6.89. The Hall–Kier alpha value is -1.14. The Morgan fingerprint density at radius 3 is 2.16 bits per heavy atom. The number of carbonyl (C=O) groups excluding carboxylic acids is 2. The van der Waals surface area contributed by atoms with Gasteiger partial charge in [-0.1, -0.05) is 0 Å². The van der Waals surface area contributed by atoms with Gasteiger partial charge in [-0.3, -0.25) is 9.59 Å². The molecule has 6 heteroatoms. The normalized spacial score (nSPS) is 16.0. The molecule has 19 heavy (non-hydrogen) atoms. The van der Waals surface area contributed by atoms with E-state index in [1.165, 1.54) is 0 Å². The van der Waals surface area contributed by atoms with Gasteiger partial charge in [0.25, 0.3) is 0 Å². The van der Waals surface area contributed by atoms with Crippen molar-refractivity contribution in [3.63, 3.8) is 0 Å². The summed E-state index contributed by atoms with van der Waals surface area (Å²) in [6.45, 7) is 6.83. The van der Waals surface area contributed by atoms with E-state index < -0.39 is 0 Å². The van der Waals surface area contributed by atoms with Gasteiger partial charge in [-0.25, -0.2) is 0 Å². The largest absolute Gasteiger partial charge is 0.339 e. The summed E-state index contributed by atoms with van der Waals surface area (Å²) < 4.78 is 0. The van der Waals surface area contributed by atoms with Crippen LogP contribution in [0.5, 0.6) is 0 Å². The van der Waals surface area contributed by atoms with Crippen molar-refractivity contribution in [3.05, 3.63) is 0 Å². The summed E-state index contributed by atoms with van der Waals surface area (Å²) >= 11 is 0. The second-order valence-electron chi connectivity index (χ2n) is 5.19. The minimum atomic E-state index is 0.0949. The van der Waals surface area contributed by atoms with Crippen LogP contribution in [0.1, 0.15) is 13.3 Å². The highest BCUT2D eigenvalue weighted by atomic mass is 16.2. The molecule has 2 amide bonds. The van der Waals surface area contributed by atoms with E-state index in [1.54, 1.807) is 11.8 Å². The predicted octanol–water partition coefficient (Wildman–Crippen LogP) is -0.782. The van der Waals surface area contributed by atoms with Crippen LogP contribution in [0, 0.1) is 0 Å².